The van der Waals surface area contributed by atoms with Crippen LogP contribution in [-0.4, -0.2) is 30.1 Å². The van der Waals surface area contributed by atoms with Crippen molar-refractivity contribution in [3.63, 3.8) is 0 Å². The third-order valence-corrected chi connectivity index (χ3v) is 4.48. The van der Waals surface area contributed by atoms with Gasteiger partial charge in [-0.2, -0.15) is 0 Å². The molecule has 1 aromatic carbocycles. The summed E-state index contributed by atoms with van der Waals surface area (Å²) in [5.74, 6) is -0.834. The highest BCUT2D eigenvalue weighted by molar-refractivity contribution is 9.11. The molecule has 0 atom stereocenters. The van der Waals surface area contributed by atoms with Crippen molar-refractivity contribution in [1.29, 1.82) is 0 Å². The number of thiophene rings is 1. The SMILES string of the molecule is NC(=O)c1ccc(OCCNC(=O)/C=C/c2ccc(Br)s2)c(O)c1. The molecule has 1 aromatic heterocycles. The average Bonchev–Trinajstić information content (AvgIpc) is 2.96. The highest BCUT2D eigenvalue weighted by atomic mass is 79.9. The van der Waals surface area contributed by atoms with E-state index in [1.165, 1.54) is 35.6 Å². The molecule has 0 fully saturated rings. The zero-order chi connectivity index (χ0) is 17.5. The molecule has 24 heavy (non-hydrogen) atoms. The number of benzene rings is 1. The summed E-state index contributed by atoms with van der Waals surface area (Å²) in [5, 5.41) is 12.4. The lowest BCUT2D eigenvalue weighted by Crippen LogP contribution is -2.26. The summed E-state index contributed by atoms with van der Waals surface area (Å²) in [4.78, 5) is 23.6. The third kappa shape index (κ3) is 5.39. The van der Waals surface area contributed by atoms with Crippen molar-refractivity contribution in [2.24, 2.45) is 5.73 Å². The first kappa shape index (κ1) is 18.0. The van der Waals surface area contributed by atoms with Gasteiger partial charge < -0.3 is 20.9 Å². The molecule has 4 N–H and O–H groups in total. The number of phenolic OH excluding ortho intramolecular Hbond substituents is 1. The second-order valence-electron chi connectivity index (χ2n) is 4.66. The van der Waals surface area contributed by atoms with Crippen LogP contribution >= 0.6 is 27.3 Å². The number of ether oxygens (including phenoxy) is 1. The predicted molar refractivity (Wildman–Crippen MR) is 96.2 cm³/mol. The van der Waals surface area contributed by atoms with Crippen LogP contribution < -0.4 is 15.8 Å². The van der Waals surface area contributed by atoms with E-state index in [1.807, 2.05) is 12.1 Å². The van der Waals surface area contributed by atoms with Gasteiger partial charge in [0, 0.05) is 16.5 Å². The molecule has 0 bridgehead atoms. The van der Waals surface area contributed by atoms with Gasteiger partial charge in [-0.25, -0.2) is 0 Å². The van der Waals surface area contributed by atoms with Crippen LogP contribution in [0.3, 0.4) is 0 Å². The molecule has 0 aliphatic rings. The highest BCUT2D eigenvalue weighted by Crippen LogP contribution is 2.26. The van der Waals surface area contributed by atoms with Crippen LogP contribution in [0, 0.1) is 0 Å². The molecule has 1 heterocycles. The first-order valence-corrected chi connectivity index (χ1v) is 8.53. The third-order valence-electron chi connectivity index (χ3n) is 2.90. The van der Waals surface area contributed by atoms with E-state index in [9.17, 15) is 14.7 Å². The normalized spacial score (nSPS) is 10.7. The maximum atomic E-state index is 11.7. The zero-order valence-electron chi connectivity index (χ0n) is 12.5. The Kier molecular flexibility index (Phi) is 6.39. The van der Waals surface area contributed by atoms with Gasteiger partial charge in [-0.05, 0) is 52.3 Å². The lowest BCUT2D eigenvalue weighted by Gasteiger charge is -2.09. The van der Waals surface area contributed by atoms with E-state index in [0.717, 1.165) is 8.66 Å². The molecule has 8 heteroatoms. The van der Waals surface area contributed by atoms with Crippen LogP contribution in [0.15, 0.2) is 40.2 Å². The van der Waals surface area contributed by atoms with Crippen LogP contribution in [0.2, 0.25) is 0 Å². The molecule has 0 saturated heterocycles. The minimum atomic E-state index is -0.631. The molecule has 0 aliphatic heterocycles. The summed E-state index contributed by atoms with van der Waals surface area (Å²) in [5.41, 5.74) is 5.31. The quantitative estimate of drug-likeness (QED) is 0.481. The summed E-state index contributed by atoms with van der Waals surface area (Å²) in [6.07, 6.45) is 3.16. The molecule has 2 aromatic rings. The van der Waals surface area contributed by atoms with Gasteiger partial charge >= 0.3 is 0 Å². The first-order chi connectivity index (χ1) is 11.5. The maximum absolute atomic E-state index is 11.7. The van der Waals surface area contributed by atoms with Crippen molar-refractivity contribution >= 4 is 45.2 Å². The Bertz CT molecular complexity index is 773. The summed E-state index contributed by atoms with van der Waals surface area (Å²) in [7, 11) is 0. The molecule has 0 unspecified atom stereocenters. The second-order valence-corrected chi connectivity index (χ2v) is 7.16. The molecule has 2 rings (SSSR count). The van der Waals surface area contributed by atoms with Gasteiger partial charge in [-0.1, -0.05) is 0 Å². The van der Waals surface area contributed by atoms with Gasteiger partial charge in [0.2, 0.25) is 11.8 Å². The predicted octanol–water partition coefficient (Wildman–Crippen LogP) is 2.52. The number of primary amides is 1. The van der Waals surface area contributed by atoms with E-state index >= 15 is 0 Å². The van der Waals surface area contributed by atoms with Crippen LogP contribution in [0.25, 0.3) is 6.08 Å². The van der Waals surface area contributed by atoms with Crippen LogP contribution in [0.1, 0.15) is 15.2 Å². The van der Waals surface area contributed by atoms with E-state index in [2.05, 4.69) is 21.2 Å². The van der Waals surface area contributed by atoms with Gasteiger partial charge in [-0.3, -0.25) is 9.59 Å². The van der Waals surface area contributed by atoms with Crippen molar-refractivity contribution in [2.75, 3.05) is 13.2 Å². The van der Waals surface area contributed by atoms with Gasteiger partial charge in [0.15, 0.2) is 11.5 Å². The number of amides is 2. The van der Waals surface area contributed by atoms with Crippen molar-refractivity contribution in [3.8, 4) is 11.5 Å². The number of hydrogen-bond donors (Lipinski definition) is 3. The number of nitrogens with one attached hydrogen (secondary N) is 1. The van der Waals surface area contributed by atoms with Gasteiger partial charge in [0.25, 0.3) is 0 Å². The average molecular weight is 411 g/mol. The fourth-order valence-corrected chi connectivity index (χ4v) is 3.09. The van der Waals surface area contributed by atoms with Crippen LogP contribution in [0.4, 0.5) is 0 Å². The highest BCUT2D eigenvalue weighted by Gasteiger charge is 2.07. The smallest absolute Gasteiger partial charge is 0.248 e. The fourth-order valence-electron chi connectivity index (χ4n) is 1.76. The Morgan fingerprint density at radius 1 is 1.33 bits per heavy atom. The molecule has 0 aliphatic carbocycles. The van der Waals surface area contributed by atoms with E-state index in [4.69, 9.17) is 10.5 Å². The molecule has 0 radical (unpaired) electrons. The molecule has 2 amide bonds. The van der Waals surface area contributed by atoms with Crippen molar-refractivity contribution in [3.05, 3.63) is 50.6 Å². The standard InChI is InChI=1S/C16H15BrN2O4S/c17-14-5-2-11(24-14)3-6-15(21)19-7-8-23-13-4-1-10(16(18)22)9-12(13)20/h1-6,9,20H,7-8H2,(H2,18,22)(H,19,21)/b6-3+. The van der Waals surface area contributed by atoms with E-state index in [1.54, 1.807) is 6.08 Å². The Labute approximate surface area is 151 Å². The van der Waals surface area contributed by atoms with Crippen molar-refractivity contribution in [2.45, 2.75) is 0 Å². The van der Waals surface area contributed by atoms with E-state index < -0.39 is 5.91 Å². The monoisotopic (exact) mass is 410 g/mol. The molecular formula is C16H15BrN2O4S. The summed E-state index contributed by atoms with van der Waals surface area (Å²) < 4.78 is 6.34. The molecule has 6 nitrogen and oxygen atoms in total. The number of hydrogen-bond acceptors (Lipinski definition) is 5. The summed E-state index contributed by atoms with van der Waals surface area (Å²) in [6, 6.07) is 7.95. The van der Waals surface area contributed by atoms with E-state index in [-0.39, 0.29) is 36.1 Å². The van der Waals surface area contributed by atoms with Crippen molar-refractivity contribution in [1.82, 2.24) is 5.32 Å². The molecule has 0 spiro atoms. The minimum absolute atomic E-state index is 0.174. The number of phenols is 1. The van der Waals surface area contributed by atoms with Gasteiger partial charge in [0.1, 0.15) is 6.61 Å². The lowest BCUT2D eigenvalue weighted by molar-refractivity contribution is -0.116. The Hall–Kier alpha value is -2.32. The topological polar surface area (TPSA) is 102 Å². The number of halogens is 1. The van der Waals surface area contributed by atoms with Crippen LogP contribution in [-0.2, 0) is 4.79 Å². The van der Waals surface area contributed by atoms with Crippen LogP contribution in [0.5, 0.6) is 11.5 Å². The Morgan fingerprint density at radius 3 is 2.75 bits per heavy atom. The van der Waals surface area contributed by atoms with E-state index in [0.29, 0.717) is 0 Å². The molecular weight excluding hydrogens is 396 g/mol. The van der Waals surface area contributed by atoms with Gasteiger partial charge in [0.05, 0.1) is 10.3 Å². The number of nitrogens with two attached hydrogens (primary N) is 1. The summed E-state index contributed by atoms with van der Waals surface area (Å²) in [6.45, 7) is 0.446. The van der Waals surface area contributed by atoms with Gasteiger partial charge in [-0.15, -0.1) is 11.3 Å². The second kappa shape index (κ2) is 8.51. The number of carbonyl (C=O) groups excluding carboxylic acids is 2. The molecule has 0 saturated carbocycles. The maximum Gasteiger partial charge on any atom is 0.248 e. The summed E-state index contributed by atoms with van der Waals surface area (Å²) >= 11 is 4.88. The Morgan fingerprint density at radius 2 is 2.12 bits per heavy atom. The van der Waals surface area contributed by atoms with Crippen molar-refractivity contribution < 1.29 is 19.4 Å². The largest absolute Gasteiger partial charge is 0.504 e. The fraction of sp³-hybridized carbons (Fsp3) is 0.125. The first-order valence-electron chi connectivity index (χ1n) is 6.92. The lowest BCUT2D eigenvalue weighted by atomic mass is 10.2. The number of aromatic hydroxyl groups is 1. The Balaban J connectivity index is 1.75. The number of carbonyl (C=O) groups is 2. The number of rotatable bonds is 7. The minimum Gasteiger partial charge on any atom is -0.504 e. The zero-order valence-corrected chi connectivity index (χ0v) is 14.9. The molecule has 126 valence electrons.